The van der Waals surface area contributed by atoms with E-state index in [1.165, 1.54) is 10.4 Å². The lowest BCUT2D eigenvalue weighted by atomic mass is 10.1. The molecule has 0 atom stereocenters. The molecular formula is C8H10N4. The van der Waals surface area contributed by atoms with E-state index in [2.05, 4.69) is 16.4 Å². The number of benzene rings is 1. The van der Waals surface area contributed by atoms with Gasteiger partial charge in [-0.3, -0.25) is 0 Å². The molecule has 2 N–H and O–H groups in total. The SMILES string of the molecule is Cc1cc(C)c2c(c1)nnn2N. The summed E-state index contributed by atoms with van der Waals surface area (Å²) in [7, 11) is 0. The van der Waals surface area contributed by atoms with Gasteiger partial charge in [0.05, 0.1) is 0 Å². The van der Waals surface area contributed by atoms with Crippen molar-refractivity contribution in [3.05, 3.63) is 23.3 Å². The molecule has 0 radical (unpaired) electrons. The van der Waals surface area contributed by atoms with Gasteiger partial charge in [-0.2, -0.15) is 4.79 Å². The predicted molar refractivity (Wildman–Crippen MR) is 47.2 cm³/mol. The molecule has 2 aromatic rings. The van der Waals surface area contributed by atoms with Gasteiger partial charge >= 0.3 is 0 Å². The second-order valence-corrected chi connectivity index (χ2v) is 2.98. The third kappa shape index (κ3) is 0.845. The van der Waals surface area contributed by atoms with Crippen LogP contribution in [0.25, 0.3) is 11.0 Å². The Balaban J connectivity index is 2.93. The topological polar surface area (TPSA) is 56.7 Å². The average Bonchev–Trinajstić information content (AvgIpc) is 2.31. The largest absolute Gasteiger partial charge is 0.321 e. The number of fused-ring (bicyclic) bond motifs is 1. The highest BCUT2D eigenvalue weighted by molar-refractivity contribution is 5.78. The summed E-state index contributed by atoms with van der Waals surface area (Å²) in [4.78, 5) is 1.31. The first-order chi connectivity index (χ1) is 5.68. The Morgan fingerprint density at radius 3 is 2.83 bits per heavy atom. The van der Waals surface area contributed by atoms with Crippen molar-refractivity contribution < 1.29 is 0 Å². The predicted octanol–water partition coefficient (Wildman–Crippen LogP) is 0.762. The zero-order valence-electron chi connectivity index (χ0n) is 7.07. The lowest BCUT2D eigenvalue weighted by molar-refractivity contribution is 0.785. The molecule has 0 aliphatic carbocycles. The fourth-order valence-corrected chi connectivity index (χ4v) is 1.45. The molecule has 12 heavy (non-hydrogen) atoms. The van der Waals surface area contributed by atoms with Gasteiger partial charge < -0.3 is 5.84 Å². The minimum atomic E-state index is 0.856. The highest BCUT2D eigenvalue weighted by atomic mass is 15.6. The molecule has 0 unspecified atom stereocenters. The molecule has 0 amide bonds. The van der Waals surface area contributed by atoms with Crippen LogP contribution in [-0.2, 0) is 0 Å². The molecule has 0 spiro atoms. The molecule has 0 bridgehead atoms. The maximum Gasteiger partial charge on any atom is 0.115 e. The first-order valence-electron chi connectivity index (χ1n) is 3.76. The van der Waals surface area contributed by atoms with Gasteiger partial charge in [0.25, 0.3) is 0 Å². The Hall–Kier alpha value is -1.58. The summed E-state index contributed by atoms with van der Waals surface area (Å²) >= 11 is 0. The highest BCUT2D eigenvalue weighted by Gasteiger charge is 2.04. The molecule has 0 saturated carbocycles. The number of aromatic nitrogens is 3. The summed E-state index contributed by atoms with van der Waals surface area (Å²) in [6.45, 7) is 4.03. The Kier molecular flexibility index (Phi) is 1.30. The van der Waals surface area contributed by atoms with Gasteiger partial charge in [-0.05, 0) is 36.3 Å². The number of rotatable bonds is 0. The third-order valence-corrected chi connectivity index (χ3v) is 1.90. The summed E-state index contributed by atoms with van der Waals surface area (Å²) in [5.41, 5.74) is 4.05. The summed E-state index contributed by atoms with van der Waals surface area (Å²) in [5, 5.41) is 7.67. The number of nitrogens with two attached hydrogens (primary N) is 1. The number of aryl methyl sites for hydroxylation is 2. The molecule has 0 aliphatic rings. The Bertz CT molecular complexity index is 430. The van der Waals surface area contributed by atoms with Crippen molar-refractivity contribution in [2.24, 2.45) is 0 Å². The smallest absolute Gasteiger partial charge is 0.115 e. The van der Waals surface area contributed by atoms with Crippen LogP contribution in [0.2, 0.25) is 0 Å². The maximum atomic E-state index is 5.57. The van der Waals surface area contributed by atoms with E-state index >= 15 is 0 Å². The minimum Gasteiger partial charge on any atom is -0.321 e. The van der Waals surface area contributed by atoms with Crippen LogP contribution in [0.5, 0.6) is 0 Å². The van der Waals surface area contributed by atoms with Gasteiger partial charge in [-0.1, -0.05) is 6.07 Å². The monoisotopic (exact) mass is 162 g/mol. The van der Waals surface area contributed by atoms with E-state index in [4.69, 9.17) is 5.84 Å². The van der Waals surface area contributed by atoms with Crippen LogP contribution < -0.4 is 5.84 Å². The van der Waals surface area contributed by atoms with Crippen LogP contribution >= 0.6 is 0 Å². The fraction of sp³-hybridized carbons (Fsp3) is 0.250. The normalized spacial score (nSPS) is 10.8. The molecule has 4 heteroatoms. The summed E-state index contributed by atoms with van der Waals surface area (Å²) in [5.74, 6) is 5.57. The van der Waals surface area contributed by atoms with Crippen molar-refractivity contribution in [1.82, 2.24) is 15.1 Å². The molecule has 0 aliphatic heterocycles. The van der Waals surface area contributed by atoms with E-state index in [0.717, 1.165) is 16.6 Å². The van der Waals surface area contributed by atoms with Crippen molar-refractivity contribution in [2.45, 2.75) is 13.8 Å². The summed E-state index contributed by atoms with van der Waals surface area (Å²) in [6.07, 6.45) is 0. The van der Waals surface area contributed by atoms with E-state index in [0.29, 0.717) is 0 Å². The van der Waals surface area contributed by atoms with Crippen LogP contribution in [-0.4, -0.2) is 15.1 Å². The Labute approximate surface area is 69.9 Å². The quantitative estimate of drug-likeness (QED) is 0.582. The Morgan fingerprint density at radius 2 is 2.08 bits per heavy atom. The number of hydrogen-bond donors (Lipinski definition) is 1. The fourth-order valence-electron chi connectivity index (χ4n) is 1.45. The lowest BCUT2D eigenvalue weighted by Crippen LogP contribution is -2.10. The van der Waals surface area contributed by atoms with Crippen molar-refractivity contribution in [3.8, 4) is 0 Å². The van der Waals surface area contributed by atoms with Crippen molar-refractivity contribution in [3.63, 3.8) is 0 Å². The van der Waals surface area contributed by atoms with Crippen molar-refractivity contribution >= 4 is 11.0 Å². The molecule has 1 aromatic carbocycles. The highest BCUT2D eigenvalue weighted by Crippen LogP contribution is 2.16. The summed E-state index contributed by atoms with van der Waals surface area (Å²) < 4.78 is 0. The van der Waals surface area contributed by atoms with Crippen LogP contribution in [0.1, 0.15) is 11.1 Å². The molecular weight excluding hydrogens is 152 g/mol. The maximum absolute atomic E-state index is 5.57. The molecule has 2 rings (SSSR count). The van der Waals surface area contributed by atoms with Crippen LogP contribution in [0.4, 0.5) is 0 Å². The molecule has 0 saturated heterocycles. The lowest BCUT2D eigenvalue weighted by Gasteiger charge is -1.98. The van der Waals surface area contributed by atoms with Gasteiger partial charge in [0.15, 0.2) is 0 Å². The van der Waals surface area contributed by atoms with E-state index < -0.39 is 0 Å². The van der Waals surface area contributed by atoms with E-state index in [-0.39, 0.29) is 0 Å². The Morgan fingerprint density at radius 1 is 1.33 bits per heavy atom. The van der Waals surface area contributed by atoms with Crippen LogP contribution in [0.15, 0.2) is 12.1 Å². The van der Waals surface area contributed by atoms with E-state index in [1.54, 1.807) is 0 Å². The molecule has 1 aromatic heterocycles. The van der Waals surface area contributed by atoms with Crippen LogP contribution in [0.3, 0.4) is 0 Å². The van der Waals surface area contributed by atoms with Gasteiger partial charge in [0.2, 0.25) is 0 Å². The molecule has 0 fully saturated rings. The second kappa shape index (κ2) is 2.20. The van der Waals surface area contributed by atoms with Crippen molar-refractivity contribution in [1.29, 1.82) is 0 Å². The number of nitrogen functional groups attached to an aromatic ring is 1. The standard InChI is InChI=1S/C8H10N4/c1-5-3-6(2)8-7(4-5)10-11-12(8)9/h3-4H,9H2,1-2H3. The molecule has 1 heterocycles. The van der Waals surface area contributed by atoms with Gasteiger partial charge in [-0.25, -0.2) is 0 Å². The zero-order valence-corrected chi connectivity index (χ0v) is 7.07. The van der Waals surface area contributed by atoms with E-state index in [9.17, 15) is 0 Å². The first-order valence-corrected chi connectivity index (χ1v) is 3.76. The molecule has 4 nitrogen and oxygen atoms in total. The average molecular weight is 162 g/mol. The second-order valence-electron chi connectivity index (χ2n) is 2.98. The van der Waals surface area contributed by atoms with Gasteiger partial charge in [0, 0.05) is 0 Å². The van der Waals surface area contributed by atoms with E-state index in [1.807, 2.05) is 19.9 Å². The van der Waals surface area contributed by atoms with Crippen molar-refractivity contribution in [2.75, 3.05) is 5.84 Å². The summed E-state index contributed by atoms with van der Waals surface area (Å²) in [6, 6.07) is 4.04. The molecule has 62 valence electrons. The van der Waals surface area contributed by atoms with Gasteiger partial charge in [-0.15, -0.1) is 5.10 Å². The minimum absolute atomic E-state index is 0.856. The number of hydrogen-bond acceptors (Lipinski definition) is 3. The number of nitrogens with zero attached hydrogens (tertiary/aromatic N) is 3. The van der Waals surface area contributed by atoms with Gasteiger partial charge in [0.1, 0.15) is 11.0 Å². The first kappa shape index (κ1) is 7.09. The zero-order chi connectivity index (χ0) is 8.72. The van der Waals surface area contributed by atoms with Crippen LogP contribution in [0, 0.1) is 13.8 Å². The third-order valence-electron chi connectivity index (χ3n) is 1.90.